The number of hydrogen-bond acceptors (Lipinski definition) is 4. The van der Waals surface area contributed by atoms with Gasteiger partial charge in [0.05, 0.1) is 19.4 Å². The first-order valence-electron chi connectivity index (χ1n) is 9.38. The summed E-state index contributed by atoms with van der Waals surface area (Å²) in [6.07, 6.45) is 5.39. The highest BCUT2D eigenvalue weighted by Crippen LogP contribution is 2.29. The van der Waals surface area contributed by atoms with Crippen molar-refractivity contribution in [1.82, 2.24) is 15.1 Å². The Morgan fingerprint density at radius 2 is 1.96 bits per heavy atom. The summed E-state index contributed by atoms with van der Waals surface area (Å²) in [6, 6.07) is 4.32. The molecule has 24 heavy (non-hydrogen) atoms. The van der Waals surface area contributed by atoms with Crippen LogP contribution in [0.25, 0.3) is 0 Å². The molecule has 1 aliphatic heterocycles. The van der Waals surface area contributed by atoms with Crippen molar-refractivity contribution in [3.05, 3.63) is 24.2 Å². The number of amides is 1. The van der Waals surface area contributed by atoms with Crippen molar-refractivity contribution in [2.45, 2.75) is 45.7 Å². The van der Waals surface area contributed by atoms with Crippen molar-refractivity contribution >= 4 is 5.91 Å². The Morgan fingerprint density at radius 1 is 1.21 bits per heavy atom. The number of hydrogen-bond donors (Lipinski definition) is 1. The maximum atomic E-state index is 12.4. The van der Waals surface area contributed by atoms with E-state index in [1.807, 2.05) is 12.1 Å². The third kappa shape index (κ3) is 4.61. The largest absolute Gasteiger partial charge is 0.468 e. The van der Waals surface area contributed by atoms with Gasteiger partial charge in [0.1, 0.15) is 5.76 Å². The molecule has 1 N–H and O–H groups in total. The molecule has 3 atom stereocenters. The molecule has 0 spiro atoms. The minimum Gasteiger partial charge on any atom is -0.468 e. The van der Waals surface area contributed by atoms with Crippen molar-refractivity contribution < 1.29 is 9.21 Å². The van der Waals surface area contributed by atoms with Gasteiger partial charge in [-0.05, 0) is 30.4 Å². The third-order valence-electron chi connectivity index (χ3n) is 5.84. The predicted molar refractivity (Wildman–Crippen MR) is 94.5 cm³/mol. The van der Waals surface area contributed by atoms with Crippen molar-refractivity contribution in [1.29, 1.82) is 0 Å². The van der Waals surface area contributed by atoms with E-state index in [4.69, 9.17) is 4.42 Å². The molecule has 3 rings (SSSR count). The predicted octanol–water partition coefficient (Wildman–Crippen LogP) is 2.34. The van der Waals surface area contributed by atoms with Gasteiger partial charge >= 0.3 is 0 Å². The average Bonchev–Trinajstić information content (AvgIpc) is 3.07. The second kappa shape index (κ2) is 8.17. The van der Waals surface area contributed by atoms with Crippen LogP contribution in [0.1, 0.15) is 38.9 Å². The fraction of sp³-hybridized carbons (Fsp3) is 0.737. The van der Waals surface area contributed by atoms with Gasteiger partial charge in [0.25, 0.3) is 0 Å². The van der Waals surface area contributed by atoms with Crippen LogP contribution in [0.5, 0.6) is 0 Å². The minimum atomic E-state index is 0.195. The van der Waals surface area contributed by atoms with Crippen LogP contribution in [0.15, 0.2) is 22.8 Å². The Bertz CT molecular complexity index is 509. The first-order chi connectivity index (χ1) is 11.6. The van der Waals surface area contributed by atoms with Gasteiger partial charge in [0.15, 0.2) is 0 Å². The molecule has 0 unspecified atom stereocenters. The third-order valence-corrected chi connectivity index (χ3v) is 5.84. The van der Waals surface area contributed by atoms with Crippen molar-refractivity contribution in [2.24, 2.45) is 11.8 Å². The zero-order valence-corrected chi connectivity index (χ0v) is 15.0. The summed E-state index contributed by atoms with van der Waals surface area (Å²) in [5.41, 5.74) is 0. The normalized spacial score (nSPS) is 29.5. The smallest absolute Gasteiger partial charge is 0.234 e. The fourth-order valence-electron chi connectivity index (χ4n) is 3.97. The lowest BCUT2D eigenvalue weighted by Gasteiger charge is -2.36. The van der Waals surface area contributed by atoms with Crippen LogP contribution in [0.3, 0.4) is 0 Å². The molecular weight excluding hydrogens is 302 g/mol. The highest BCUT2D eigenvalue weighted by molar-refractivity contribution is 5.78. The van der Waals surface area contributed by atoms with Crippen molar-refractivity contribution in [3.63, 3.8) is 0 Å². The SMILES string of the molecule is C[C@H]1[C@H](C)CCC[C@@H]1NC(=O)CN1CCN(Cc2ccco2)CC1. The highest BCUT2D eigenvalue weighted by Gasteiger charge is 2.28. The molecule has 2 heterocycles. The van der Waals surface area contributed by atoms with Gasteiger partial charge in [-0.15, -0.1) is 0 Å². The number of carbonyl (C=O) groups is 1. The molecule has 1 aliphatic carbocycles. The standard InChI is InChI=1S/C19H31N3O2/c1-15-5-3-7-18(16(15)2)20-19(23)14-22-10-8-21(9-11-22)13-17-6-4-12-24-17/h4,6,12,15-16,18H,3,5,7-11,13-14H2,1-2H3,(H,20,23)/t15-,16+,18+/m1/s1. The van der Waals surface area contributed by atoms with E-state index in [0.717, 1.165) is 44.9 Å². The number of rotatable bonds is 5. The molecular formula is C19H31N3O2. The van der Waals surface area contributed by atoms with Crippen LogP contribution in [0.2, 0.25) is 0 Å². The van der Waals surface area contributed by atoms with E-state index >= 15 is 0 Å². The summed E-state index contributed by atoms with van der Waals surface area (Å²) in [4.78, 5) is 17.0. The molecule has 2 aliphatic rings. The minimum absolute atomic E-state index is 0.195. The zero-order chi connectivity index (χ0) is 16.9. The summed E-state index contributed by atoms with van der Waals surface area (Å²) in [5, 5.41) is 3.28. The van der Waals surface area contributed by atoms with Gasteiger partial charge in [0.2, 0.25) is 5.91 Å². The summed E-state index contributed by atoms with van der Waals surface area (Å²) >= 11 is 0. The molecule has 5 nitrogen and oxygen atoms in total. The lowest BCUT2D eigenvalue weighted by atomic mass is 9.78. The lowest BCUT2D eigenvalue weighted by molar-refractivity contribution is -0.124. The maximum Gasteiger partial charge on any atom is 0.234 e. The molecule has 0 radical (unpaired) electrons. The number of nitrogens with zero attached hydrogens (tertiary/aromatic N) is 2. The van der Waals surface area contributed by atoms with Crippen molar-refractivity contribution in [3.8, 4) is 0 Å². The lowest BCUT2D eigenvalue weighted by Crippen LogP contribution is -2.51. The Kier molecular flexibility index (Phi) is 5.95. The first-order valence-corrected chi connectivity index (χ1v) is 9.38. The molecule has 1 aromatic heterocycles. The molecule has 0 bridgehead atoms. The highest BCUT2D eigenvalue weighted by atomic mass is 16.3. The molecule has 1 saturated heterocycles. The van der Waals surface area contributed by atoms with Crippen LogP contribution < -0.4 is 5.32 Å². The van der Waals surface area contributed by atoms with Crippen molar-refractivity contribution in [2.75, 3.05) is 32.7 Å². The van der Waals surface area contributed by atoms with Gasteiger partial charge in [-0.3, -0.25) is 14.6 Å². The van der Waals surface area contributed by atoms with Gasteiger partial charge in [-0.25, -0.2) is 0 Å². The number of furan rings is 1. The summed E-state index contributed by atoms with van der Waals surface area (Å²) in [5.74, 6) is 2.52. The monoisotopic (exact) mass is 333 g/mol. The Morgan fingerprint density at radius 3 is 2.67 bits per heavy atom. The second-order valence-corrected chi connectivity index (χ2v) is 7.57. The van der Waals surface area contributed by atoms with Gasteiger partial charge in [-0.1, -0.05) is 26.7 Å². The summed E-state index contributed by atoms with van der Waals surface area (Å²) in [6.45, 7) is 9.87. The van der Waals surface area contributed by atoms with E-state index in [9.17, 15) is 4.79 Å². The van der Waals surface area contributed by atoms with E-state index in [1.165, 1.54) is 12.8 Å². The van der Waals surface area contributed by atoms with E-state index < -0.39 is 0 Å². The molecule has 134 valence electrons. The molecule has 2 fully saturated rings. The summed E-state index contributed by atoms with van der Waals surface area (Å²) < 4.78 is 5.41. The number of piperazine rings is 1. The first kappa shape index (κ1) is 17.5. The Balaban J connectivity index is 1.38. The Hall–Kier alpha value is -1.33. The number of nitrogens with one attached hydrogen (secondary N) is 1. The maximum absolute atomic E-state index is 12.4. The number of carbonyl (C=O) groups excluding carboxylic acids is 1. The zero-order valence-electron chi connectivity index (χ0n) is 15.0. The molecule has 0 aromatic carbocycles. The van der Waals surface area contributed by atoms with E-state index in [2.05, 4.69) is 29.0 Å². The summed E-state index contributed by atoms with van der Waals surface area (Å²) in [7, 11) is 0. The fourth-order valence-corrected chi connectivity index (χ4v) is 3.97. The molecule has 5 heteroatoms. The van der Waals surface area contributed by atoms with Crippen LogP contribution in [0.4, 0.5) is 0 Å². The van der Waals surface area contributed by atoms with Crippen LogP contribution in [-0.2, 0) is 11.3 Å². The van der Waals surface area contributed by atoms with E-state index in [-0.39, 0.29) is 5.91 Å². The average molecular weight is 333 g/mol. The molecule has 1 aromatic rings. The molecule has 1 amide bonds. The second-order valence-electron chi connectivity index (χ2n) is 7.57. The van der Waals surface area contributed by atoms with Crippen LogP contribution in [0, 0.1) is 11.8 Å². The van der Waals surface area contributed by atoms with Gasteiger partial charge in [0, 0.05) is 32.2 Å². The van der Waals surface area contributed by atoms with Gasteiger partial charge < -0.3 is 9.73 Å². The van der Waals surface area contributed by atoms with Gasteiger partial charge in [-0.2, -0.15) is 0 Å². The van der Waals surface area contributed by atoms with Crippen LogP contribution in [-0.4, -0.2) is 54.5 Å². The van der Waals surface area contributed by atoms with E-state index in [0.29, 0.717) is 24.4 Å². The van der Waals surface area contributed by atoms with Crippen LogP contribution >= 0.6 is 0 Å². The quantitative estimate of drug-likeness (QED) is 0.898. The topological polar surface area (TPSA) is 48.7 Å². The van der Waals surface area contributed by atoms with E-state index in [1.54, 1.807) is 6.26 Å². The molecule has 1 saturated carbocycles. The Labute approximate surface area is 145 Å².